The Hall–Kier alpha value is -3.45. The Labute approximate surface area is 175 Å². The molecule has 0 radical (unpaired) electrons. The minimum absolute atomic E-state index is 0.00832. The van der Waals surface area contributed by atoms with Crippen molar-refractivity contribution in [2.24, 2.45) is 5.92 Å². The van der Waals surface area contributed by atoms with Gasteiger partial charge in [0.2, 0.25) is 5.91 Å². The highest BCUT2D eigenvalue weighted by atomic mass is 32.2. The van der Waals surface area contributed by atoms with Crippen LogP contribution in [0, 0.1) is 17.2 Å². The Morgan fingerprint density at radius 1 is 1.20 bits per heavy atom. The van der Waals surface area contributed by atoms with E-state index >= 15 is 0 Å². The molecule has 30 heavy (non-hydrogen) atoms. The Kier molecular flexibility index (Phi) is 7.89. The zero-order valence-electron chi connectivity index (χ0n) is 16.6. The predicted octanol–water partition coefficient (Wildman–Crippen LogP) is 1.67. The lowest BCUT2D eigenvalue weighted by molar-refractivity contribution is -0.123. The second kappa shape index (κ2) is 10.4. The molecule has 0 bridgehead atoms. The fourth-order valence-electron chi connectivity index (χ4n) is 2.64. The first-order chi connectivity index (χ1) is 14.2. The zero-order valence-corrected chi connectivity index (χ0v) is 17.4. The fourth-order valence-corrected chi connectivity index (χ4v) is 3.65. The summed E-state index contributed by atoms with van der Waals surface area (Å²) in [4.78, 5) is 28.7. The van der Waals surface area contributed by atoms with Crippen molar-refractivity contribution in [3.05, 3.63) is 54.4 Å². The third kappa shape index (κ3) is 6.56. The number of hydrogen-bond acceptors (Lipinski definition) is 6. The van der Waals surface area contributed by atoms with Crippen LogP contribution in [-0.4, -0.2) is 37.8 Å². The molecule has 1 unspecified atom stereocenters. The molecule has 1 heterocycles. The summed E-state index contributed by atoms with van der Waals surface area (Å²) in [6.07, 6.45) is 3.07. The van der Waals surface area contributed by atoms with Crippen LogP contribution in [-0.2, 0) is 14.8 Å². The number of nitrogens with one attached hydrogen (secondary N) is 3. The summed E-state index contributed by atoms with van der Waals surface area (Å²) in [7, 11) is -3.86. The summed E-state index contributed by atoms with van der Waals surface area (Å²) in [6.45, 7) is 3.66. The van der Waals surface area contributed by atoms with Gasteiger partial charge in [-0.05, 0) is 42.7 Å². The standard InChI is InChI=1S/C20H23N5O4S/c1-14(2)11-18(20(27)23-10-8-21)24-19(26)15-5-3-6-16(12-15)25-30(28,29)17-7-4-9-22-13-17/h3-7,9,12-14,18,25H,10-11H2,1-2H3,(H,23,27)(H,24,26). The first-order valence-electron chi connectivity index (χ1n) is 9.21. The maximum atomic E-state index is 12.7. The van der Waals surface area contributed by atoms with Crippen molar-refractivity contribution in [3.63, 3.8) is 0 Å². The minimum Gasteiger partial charge on any atom is -0.341 e. The Bertz CT molecular complexity index is 1030. The van der Waals surface area contributed by atoms with Crippen LogP contribution in [0.4, 0.5) is 5.69 Å². The largest absolute Gasteiger partial charge is 0.341 e. The van der Waals surface area contributed by atoms with Crippen molar-refractivity contribution in [1.82, 2.24) is 15.6 Å². The molecule has 0 fully saturated rings. The summed E-state index contributed by atoms with van der Waals surface area (Å²) in [5, 5.41) is 13.7. The first kappa shape index (κ1) is 22.8. The number of nitriles is 1. The molecule has 0 aliphatic heterocycles. The number of sulfonamides is 1. The average Bonchev–Trinajstić information content (AvgIpc) is 2.71. The SMILES string of the molecule is CC(C)CC(NC(=O)c1cccc(NS(=O)(=O)c2cccnc2)c1)C(=O)NCC#N. The summed E-state index contributed by atoms with van der Waals surface area (Å²) >= 11 is 0. The third-order valence-electron chi connectivity index (χ3n) is 3.99. The summed E-state index contributed by atoms with van der Waals surface area (Å²) < 4.78 is 27.3. The van der Waals surface area contributed by atoms with E-state index in [4.69, 9.17) is 5.26 Å². The quantitative estimate of drug-likeness (QED) is 0.518. The number of carbonyl (C=O) groups is 2. The van der Waals surface area contributed by atoms with E-state index in [9.17, 15) is 18.0 Å². The van der Waals surface area contributed by atoms with E-state index in [0.29, 0.717) is 6.42 Å². The Morgan fingerprint density at radius 2 is 1.97 bits per heavy atom. The molecule has 0 aliphatic carbocycles. The number of hydrogen-bond donors (Lipinski definition) is 3. The van der Waals surface area contributed by atoms with Gasteiger partial charge in [0.1, 0.15) is 17.5 Å². The molecule has 3 N–H and O–H groups in total. The highest BCUT2D eigenvalue weighted by Crippen LogP contribution is 2.17. The van der Waals surface area contributed by atoms with Crippen molar-refractivity contribution < 1.29 is 18.0 Å². The maximum absolute atomic E-state index is 12.7. The van der Waals surface area contributed by atoms with Gasteiger partial charge in [0.05, 0.1) is 6.07 Å². The van der Waals surface area contributed by atoms with Crippen LogP contribution in [0.2, 0.25) is 0 Å². The normalized spacial score (nSPS) is 11.9. The number of benzene rings is 1. The molecular formula is C20H23N5O4S. The second-order valence-electron chi connectivity index (χ2n) is 6.91. The summed E-state index contributed by atoms with van der Waals surface area (Å²) in [6, 6.07) is 9.84. The van der Waals surface area contributed by atoms with E-state index in [0.717, 1.165) is 0 Å². The number of pyridine rings is 1. The lowest BCUT2D eigenvalue weighted by Gasteiger charge is -2.19. The van der Waals surface area contributed by atoms with Crippen LogP contribution in [0.15, 0.2) is 53.7 Å². The molecule has 1 atom stereocenters. The number of amides is 2. The van der Waals surface area contributed by atoms with Crippen molar-refractivity contribution in [1.29, 1.82) is 5.26 Å². The van der Waals surface area contributed by atoms with E-state index in [1.807, 2.05) is 19.9 Å². The van der Waals surface area contributed by atoms with E-state index in [1.54, 1.807) is 0 Å². The van der Waals surface area contributed by atoms with Crippen LogP contribution < -0.4 is 15.4 Å². The third-order valence-corrected chi connectivity index (χ3v) is 5.36. The van der Waals surface area contributed by atoms with Gasteiger partial charge >= 0.3 is 0 Å². The van der Waals surface area contributed by atoms with Gasteiger partial charge in [-0.2, -0.15) is 5.26 Å². The number of aromatic nitrogens is 1. The van der Waals surface area contributed by atoms with Gasteiger partial charge in [0.15, 0.2) is 0 Å². The molecule has 2 rings (SSSR count). The average molecular weight is 430 g/mol. The number of anilines is 1. The number of rotatable bonds is 9. The van der Waals surface area contributed by atoms with E-state index in [2.05, 4.69) is 20.3 Å². The fraction of sp³-hybridized carbons (Fsp3) is 0.300. The molecule has 9 nitrogen and oxygen atoms in total. The van der Waals surface area contributed by atoms with Gasteiger partial charge in [-0.25, -0.2) is 8.42 Å². The van der Waals surface area contributed by atoms with Crippen molar-refractivity contribution in [3.8, 4) is 6.07 Å². The van der Waals surface area contributed by atoms with E-state index in [-0.39, 0.29) is 28.6 Å². The van der Waals surface area contributed by atoms with Gasteiger partial charge in [-0.15, -0.1) is 0 Å². The van der Waals surface area contributed by atoms with E-state index < -0.39 is 27.9 Å². The summed E-state index contributed by atoms with van der Waals surface area (Å²) in [5.41, 5.74) is 0.379. The Balaban J connectivity index is 2.16. The molecule has 158 valence electrons. The van der Waals surface area contributed by atoms with Crippen molar-refractivity contribution >= 4 is 27.5 Å². The van der Waals surface area contributed by atoms with Crippen LogP contribution in [0.1, 0.15) is 30.6 Å². The lowest BCUT2D eigenvalue weighted by atomic mass is 10.0. The van der Waals surface area contributed by atoms with Crippen molar-refractivity contribution in [2.75, 3.05) is 11.3 Å². The monoisotopic (exact) mass is 429 g/mol. The molecule has 1 aromatic carbocycles. The molecule has 0 spiro atoms. The smallest absolute Gasteiger partial charge is 0.263 e. The van der Waals surface area contributed by atoms with Gasteiger partial charge in [0, 0.05) is 23.6 Å². The maximum Gasteiger partial charge on any atom is 0.263 e. The molecule has 1 aromatic heterocycles. The van der Waals surface area contributed by atoms with E-state index in [1.165, 1.54) is 48.8 Å². The minimum atomic E-state index is -3.86. The first-order valence-corrected chi connectivity index (χ1v) is 10.7. The lowest BCUT2D eigenvalue weighted by Crippen LogP contribution is -2.47. The highest BCUT2D eigenvalue weighted by Gasteiger charge is 2.23. The van der Waals surface area contributed by atoms with Crippen LogP contribution >= 0.6 is 0 Å². The predicted molar refractivity (Wildman–Crippen MR) is 111 cm³/mol. The molecular weight excluding hydrogens is 406 g/mol. The number of carbonyl (C=O) groups excluding carboxylic acids is 2. The Morgan fingerprint density at radius 3 is 2.60 bits per heavy atom. The summed E-state index contributed by atoms with van der Waals surface area (Å²) in [5.74, 6) is -0.858. The molecule has 0 aliphatic rings. The van der Waals surface area contributed by atoms with Crippen LogP contribution in [0.5, 0.6) is 0 Å². The zero-order chi connectivity index (χ0) is 22.1. The molecule has 2 amide bonds. The van der Waals surface area contributed by atoms with Gasteiger partial charge in [0.25, 0.3) is 15.9 Å². The van der Waals surface area contributed by atoms with Crippen molar-refractivity contribution in [2.45, 2.75) is 31.2 Å². The highest BCUT2D eigenvalue weighted by molar-refractivity contribution is 7.92. The van der Waals surface area contributed by atoms with Gasteiger partial charge in [-0.3, -0.25) is 19.3 Å². The number of nitrogens with zero attached hydrogens (tertiary/aromatic N) is 2. The second-order valence-corrected chi connectivity index (χ2v) is 8.59. The molecule has 0 saturated carbocycles. The van der Waals surface area contributed by atoms with Crippen LogP contribution in [0.3, 0.4) is 0 Å². The van der Waals surface area contributed by atoms with Crippen LogP contribution in [0.25, 0.3) is 0 Å². The van der Waals surface area contributed by atoms with Gasteiger partial charge < -0.3 is 10.6 Å². The van der Waals surface area contributed by atoms with Gasteiger partial charge in [-0.1, -0.05) is 19.9 Å². The molecule has 0 saturated heterocycles. The topological polar surface area (TPSA) is 141 Å². The molecule has 10 heteroatoms. The molecule has 2 aromatic rings.